The molecule has 4 nitrogen and oxygen atoms in total. The smallest absolute Gasteiger partial charge is 0.250 e. The van der Waals surface area contributed by atoms with Gasteiger partial charge >= 0.3 is 0 Å². The molecule has 0 aliphatic heterocycles. The Balaban J connectivity index is 2.05. The van der Waals surface area contributed by atoms with Gasteiger partial charge in [-0.05, 0) is 42.7 Å². The van der Waals surface area contributed by atoms with E-state index in [1.165, 1.54) is 12.8 Å². The average molecular weight is 332 g/mol. The van der Waals surface area contributed by atoms with Crippen LogP contribution in [0, 0.1) is 11.3 Å². The zero-order valence-corrected chi connectivity index (χ0v) is 14.4. The van der Waals surface area contributed by atoms with Crippen molar-refractivity contribution >= 4 is 21.4 Å². The molecule has 120 valence electrons. The second kappa shape index (κ2) is 6.77. The molecule has 0 unspecified atom stereocenters. The highest BCUT2D eigenvalue weighted by molar-refractivity contribution is 7.91. The Bertz CT molecular complexity index is 557. The molecule has 2 rings (SSSR count). The SMILES string of the molecule is CC(C)CC1(CNS(=O)(=O)c2ccc(CO)s2)CCCC1. The van der Waals surface area contributed by atoms with Crippen LogP contribution < -0.4 is 4.72 Å². The fourth-order valence-electron chi connectivity index (χ4n) is 3.35. The molecule has 1 aromatic rings. The lowest BCUT2D eigenvalue weighted by atomic mass is 9.79. The van der Waals surface area contributed by atoms with E-state index in [2.05, 4.69) is 18.6 Å². The number of hydrogen-bond donors (Lipinski definition) is 2. The van der Waals surface area contributed by atoms with Crippen molar-refractivity contribution in [2.75, 3.05) is 6.54 Å². The molecule has 0 spiro atoms. The predicted molar refractivity (Wildman–Crippen MR) is 85.8 cm³/mol. The maximum atomic E-state index is 12.4. The maximum Gasteiger partial charge on any atom is 0.250 e. The summed E-state index contributed by atoms with van der Waals surface area (Å²) < 4.78 is 27.8. The van der Waals surface area contributed by atoms with Gasteiger partial charge in [-0.1, -0.05) is 26.7 Å². The number of hydrogen-bond acceptors (Lipinski definition) is 4. The first-order valence-electron chi connectivity index (χ1n) is 7.56. The second-order valence-electron chi connectivity index (χ2n) is 6.51. The van der Waals surface area contributed by atoms with E-state index in [0.29, 0.717) is 21.5 Å². The lowest BCUT2D eigenvalue weighted by Gasteiger charge is -2.31. The van der Waals surface area contributed by atoms with Gasteiger partial charge in [0.15, 0.2) is 0 Å². The van der Waals surface area contributed by atoms with Crippen molar-refractivity contribution in [1.29, 1.82) is 0 Å². The molecule has 6 heteroatoms. The Kier molecular flexibility index (Phi) is 5.46. The van der Waals surface area contributed by atoms with Crippen LogP contribution in [0.3, 0.4) is 0 Å². The van der Waals surface area contributed by atoms with Gasteiger partial charge in [0, 0.05) is 11.4 Å². The molecule has 0 bridgehead atoms. The minimum atomic E-state index is -3.45. The van der Waals surface area contributed by atoms with E-state index in [4.69, 9.17) is 5.11 Å². The van der Waals surface area contributed by atoms with E-state index in [-0.39, 0.29) is 12.0 Å². The fourth-order valence-corrected chi connectivity index (χ4v) is 5.77. The van der Waals surface area contributed by atoms with E-state index in [1.54, 1.807) is 12.1 Å². The highest BCUT2D eigenvalue weighted by atomic mass is 32.2. The molecule has 0 saturated heterocycles. The third-order valence-corrected chi connectivity index (χ3v) is 7.16. The molecule has 1 aliphatic rings. The Morgan fingerprint density at radius 2 is 2.00 bits per heavy atom. The second-order valence-corrected chi connectivity index (χ2v) is 9.67. The molecule has 0 amide bonds. The molecule has 1 heterocycles. The van der Waals surface area contributed by atoms with Crippen LogP contribution in [0.5, 0.6) is 0 Å². The Hall–Kier alpha value is -0.430. The summed E-state index contributed by atoms with van der Waals surface area (Å²) in [6.45, 7) is 4.81. The van der Waals surface area contributed by atoms with E-state index in [1.807, 2.05) is 0 Å². The Morgan fingerprint density at radius 3 is 2.52 bits per heavy atom. The minimum absolute atomic E-state index is 0.114. The summed E-state index contributed by atoms with van der Waals surface area (Å²) in [6, 6.07) is 3.24. The van der Waals surface area contributed by atoms with Crippen LogP contribution in [-0.4, -0.2) is 20.1 Å². The number of aliphatic hydroxyl groups is 1. The summed E-state index contributed by atoms with van der Waals surface area (Å²) in [4.78, 5) is 0.674. The largest absolute Gasteiger partial charge is 0.391 e. The van der Waals surface area contributed by atoms with Crippen LogP contribution in [0.2, 0.25) is 0 Å². The van der Waals surface area contributed by atoms with E-state index in [9.17, 15) is 8.42 Å². The zero-order chi connectivity index (χ0) is 15.5. The van der Waals surface area contributed by atoms with Gasteiger partial charge in [0.25, 0.3) is 0 Å². The molecule has 0 atom stereocenters. The van der Waals surface area contributed by atoms with Crippen molar-refractivity contribution in [2.24, 2.45) is 11.3 Å². The summed E-state index contributed by atoms with van der Waals surface area (Å²) in [5.41, 5.74) is 0.123. The summed E-state index contributed by atoms with van der Waals surface area (Å²) in [7, 11) is -3.45. The van der Waals surface area contributed by atoms with Crippen molar-refractivity contribution in [3.63, 3.8) is 0 Å². The molecule has 1 fully saturated rings. The van der Waals surface area contributed by atoms with Gasteiger partial charge in [0.05, 0.1) is 6.61 Å². The summed E-state index contributed by atoms with van der Waals surface area (Å²) >= 11 is 1.13. The number of rotatable bonds is 7. The van der Waals surface area contributed by atoms with Gasteiger partial charge in [-0.15, -0.1) is 11.3 Å². The maximum absolute atomic E-state index is 12.4. The van der Waals surface area contributed by atoms with Gasteiger partial charge in [0.1, 0.15) is 4.21 Å². The zero-order valence-electron chi connectivity index (χ0n) is 12.8. The summed E-state index contributed by atoms with van der Waals surface area (Å²) in [5.74, 6) is 0.579. The molecule has 0 aromatic carbocycles. The van der Waals surface area contributed by atoms with Crippen LogP contribution in [0.15, 0.2) is 16.3 Å². The van der Waals surface area contributed by atoms with Crippen LogP contribution in [0.4, 0.5) is 0 Å². The Morgan fingerprint density at radius 1 is 1.33 bits per heavy atom. The van der Waals surface area contributed by atoms with Crippen LogP contribution in [0.1, 0.15) is 50.8 Å². The third-order valence-electron chi connectivity index (χ3n) is 4.20. The van der Waals surface area contributed by atoms with Crippen molar-refractivity contribution < 1.29 is 13.5 Å². The van der Waals surface area contributed by atoms with Gasteiger partial charge in [-0.2, -0.15) is 0 Å². The fraction of sp³-hybridized carbons (Fsp3) is 0.733. The van der Waals surface area contributed by atoms with Crippen molar-refractivity contribution in [1.82, 2.24) is 4.72 Å². The molecule has 21 heavy (non-hydrogen) atoms. The topological polar surface area (TPSA) is 66.4 Å². The first-order chi connectivity index (χ1) is 9.87. The average Bonchev–Trinajstić information content (AvgIpc) is 3.05. The number of thiophene rings is 1. The molecule has 1 saturated carbocycles. The minimum Gasteiger partial charge on any atom is -0.391 e. The quantitative estimate of drug-likeness (QED) is 0.807. The monoisotopic (exact) mass is 331 g/mol. The standard InChI is InChI=1S/C15H25NO3S2/c1-12(2)9-15(7-3-4-8-15)11-16-21(18,19)14-6-5-13(10-17)20-14/h5-6,12,16-17H,3-4,7-11H2,1-2H3. The lowest BCUT2D eigenvalue weighted by Crippen LogP contribution is -2.36. The summed E-state index contributed by atoms with van der Waals surface area (Å²) in [6.07, 6.45) is 5.69. The molecule has 2 N–H and O–H groups in total. The number of nitrogens with one attached hydrogen (secondary N) is 1. The molecular weight excluding hydrogens is 306 g/mol. The lowest BCUT2D eigenvalue weighted by molar-refractivity contribution is 0.236. The molecule has 1 aromatic heterocycles. The highest BCUT2D eigenvalue weighted by Crippen LogP contribution is 2.42. The number of aliphatic hydroxyl groups excluding tert-OH is 1. The van der Waals surface area contributed by atoms with Crippen molar-refractivity contribution in [3.05, 3.63) is 17.0 Å². The molecular formula is C15H25NO3S2. The van der Waals surface area contributed by atoms with E-state index < -0.39 is 10.0 Å². The van der Waals surface area contributed by atoms with Crippen molar-refractivity contribution in [2.45, 2.75) is 56.8 Å². The van der Waals surface area contributed by atoms with Crippen LogP contribution in [-0.2, 0) is 16.6 Å². The number of sulfonamides is 1. The first kappa shape index (κ1) is 16.9. The summed E-state index contributed by atoms with van der Waals surface area (Å²) in [5, 5.41) is 9.05. The van der Waals surface area contributed by atoms with Gasteiger partial charge < -0.3 is 5.11 Å². The highest BCUT2D eigenvalue weighted by Gasteiger charge is 2.35. The predicted octanol–water partition coefficient (Wildman–Crippen LogP) is 3.13. The van der Waals surface area contributed by atoms with Gasteiger partial charge in [-0.3, -0.25) is 0 Å². The van der Waals surface area contributed by atoms with E-state index >= 15 is 0 Å². The van der Waals surface area contributed by atoms with Gasteiger partial charge in [-0.25, -0.2) is 13.1 Å². The first-order valence-corrected chi connectivity index (χ1v) is 9.86. The van der Waals surface area contributed by atoms with Crippen LogP contribution >= 0.6 is 11.3 Å². The van der Waals surface area contributed by atoms with Crippen LogP contribution in [0.25, 0.3) is 0 Å². The molecule has 0 radical (unpaired) electrons. The van der Waals surface area contributed by atoms with E-state index in [0.717, 1.165) is 30.6 Å². The van der Waals surface area contributed by atoms with Gasteiger partial charge in [0.2, 0.25) is 10.0 Å². The van der Waals surface area contributed by atoms with Crippen molar-refractivity contribution in [3.8, 4) is 0 Å². The third kappa shape index (κ3) is 4.28. The molecule has 1 aliphatic carbocycles. The Labute approximate surface area is 131 Å². The normalized spacial score (nSPS) is 18.5.